The minimum Gasteiger partial charge on any atom is -0.469 e. The standard InChI is InChI=1S/C11H16.C9H18Si.C8H16O.C8H12O/c1-9(2)8-11-6-4-10(3)5-7-11;1-9(2)7-6-8-10(3,4)5;2*1-7(2)6-8-4-3-5-9-8/h4-7,9H,8H2,1-3H3;9H,7H2,1-5H3;7-8H,3-6H2,1-2H3;3-5,7H,6H2,1-2H3. The van der Waals surface area contributed by atoms with Crippen LogP contribution in [-0.4, -0.2) is 20.8 Å². The summed E-state index contributed by atoms with van der Waals surface area (Å²) >= 11 is 0. The molecule has 2 aromatic rings. The van der Waals surface area contributed by atoms with Crippen molar-refractivity contribution >= 4 is 8.07 Å². The summed E-state index contributed by atoms with van der Waals surface area (Å²) < 4.78 is 10.6. The Hall–Kier alpha value is -1.76. The van der Waals surface area contributed by atoms with Crippen LogP contribution in [0.25, 0.3) is 0 Å². The zero-order valence-corrected chi connectivity index (χ0v) is 28.7. The fourth-order valence-corrected chi connectivity index (χ4v) is 4.54. The third kappa shape index (κ3) is 25.0. The molecule has 39 heavy (non-hydrogen) atoms. The van der Waals surface area contributed by atoms with Crippen LogP contribution in [0.3, 0.4) is 0 Å². The molecule has 2 heterocycles. The molecule has 0 aliphatic carbocycles. The minimum atomic E-state index is -1.09. The van der Waals surface area contributed by atoms with E-state index >= 15 is 0 Å². The van der Waals surface area contributed by atoms with E-state index in [1.165, 1.54) is 36.8 Å². The Morgan fingerprint density at radius 2 is 1.44 bits per heavy atom. The first-order valence-electron chi connectivity index (χ1n) is 15.4. The van der Waals surface area contributed by atoms with Gasteiger partial charge in [-0.3, -0.25) is 0 Å². The van der Waals surface area contributed by atoms with Crippen LogP contribution in [0.2, 0.25) is 19.6 Å². The van der Waals surface area contributed by atoms with Crippen molar-refractivity contribution in [3.05, 3.63) is 59.5 Å². The van der Waals surface area contributed by atoms with Crippen molar-refractivity contribution in [2.75, 3.05) is 6.61 Å². The molecule has 0 radical (unpaired) electrons. The number of hydrogen-bond acceptors (Lipinski definition) is 2. The van der Waals surface area contributed by atoms with E-state index in [0.29, 0.717) is 12.0 Å². The van der Waals surface area contributed by atoms with Gasteiger partial charge in [0.25, 0.3) is 0 Å². The maximum Gasteiger partial charge on any atom is 0.129 e. The average molecular weight is 555 g/mol. The highest BCUT2D eigenvalue weighted by molar-refractivity contribution is 6.83. The van der Waals surface area contributed by atoms with E-state index in [4.69, 9.17) is 9.15 Å². The minimum absolute atomic E-state index is 0.588. The van der Waals surface area contributed by atoms with Crippen LogP contribution in [0.15, 0.2) is 47.1 Å². The van der Waals surface area contributed by atoms with Gasteiger partial charge in [-0.2, -0.15) is 0 Å². The fraction of sp³-hybridized carbons (Fsp3) is 0.667. The maximum atomic E-state index is 5.46. The van der Waals surface area contributed by atoms with Crippen LogP contribution in [0, 0.1) is 42.1 Å². The van der Waals surface area contributed by atoms with Crippen LogP contribution in [0.4, 0.5) is 0 Å². The molecule has 1 aromatic carbocycles. The zero-order valence-electron chi connectivity index (χ0n) is 27.7. The summed E-state index contributed by atoms with van der Waals surface area (Å²) in [5.74, 6) is 7.30. The molecule has 0 amide bonds. The number of aryl methyl sites for hydroxylation is 1. The Balaban J connectivity index is 0.000000495. The monoisotopic (exact) mass is 554 g/mol. The first-order chi connectivity index (χ1) is 18.2. The molecular weight excluding hydrogens is 492 g/mol. The number of furan rings is 1. The Morgan fingerprint density at radius 3 is 1.85 bits per heavy atom. The van der Waals surface area contributed by atoms with Gasteiger partial charge in [0.05, 0.1) is 12.4 Å². The molecule has 0 spiro atoms. The lowest BCUT2D eigenvalue weighted by molar-refractivity contribution is 0.0939. The third-order valence-electron chi connectivity index (χ3n) is 5.69. The van der Waals surface area contributed by atoms with Gasteiger partial charge in [-0.05, 0) is 74.0 Å². The Labute approximate surface area is 244 Å². The summed E-state index contributed by atoms with van der Waals surface area (Å²) in [5.41, 5.74) is 6.14. The van der Waals surface area contributed by atoms with Gasteiger partial charge in [0.15, 0.2) is 0 Å². The van der Waals surface area contributed by atoms with E-state index in [2.05, 4.69) is 118 Å². The lowest BCUT2D eigenvalue weighted by Gasteiger charge is -2.10. The van der Waals surface area contributed by atoms with Gasteiger partial charge in [0, 0.05) is 19.4 Å². The molecule has 1 unspecified atom stereocenters. The molecule has 1 saturated heterocycles. The van der Waals surface area contributed by atoms with Gasteiger partial charge in [0.1, 0.15) is 13.8 Å². The van der Waals surface area contributed by atoms with E-state index in [1.54, 1.807) is 6.26 Å². The van der Waals surface area contributed by atoms with Crippen molar-refractivity contribution < 1.29 is 9.15 Å². The molecule has 0 saturated carbocycles. The second kappa shape index (κ2) is 21.0. The second-order valence-corrected chi connectivity index (χ2v) is 18.4. The number of rotatable bonds is 7. The molecule has 2 nitrogen and oxygen atoms in total. The molecule has 1 aliphatic rings. The van der Waals surface area contributed by atoms with Crippen LogP contribution in [-0.2, 0) is 17.6 Å². The van der Waals surface area contributed by atoms with Gasteiger partial charge < -0.3 is 9.15 Å². The van der Waals surface area contributed by atoms with E-state index in [-0.39, 0.29) is 0 Å². The van der Waals surface area contributed by atoms with E-state index in [0.717, 1.165) is 43.0 Å². The van der Waals surface area contributed by atoms with Crippen molar-refractivity contribution in [1.29, 1.82) is 0 Å². The van der Waals surface area contributed by atoms with Crippen molar-refractivity contribution in [1.82, 2.24) is 0 Å². The van der Waals surface area contributed by atoms with Crippen LogP contribution in [0.1, 0.15) is 98.0 Å². The summed E-state index contributed by atoms with van der Waals surface area (Å²) in [7, 11) is -1.09. The molecule has 1 aromatic heterocycles. The molecular formula is C36H62O2Si. The van der Waals surface area contributed by atoms with Crippen LogP contribution in [0.5, 0.6) is 0 Å². The number of benzene rings is 1. The first kappa shape index (κ1) is 37.2. The lowest BCUT2D eigenvalue weighted by atomic mass is 10.0. The number of ether oxygens (including phenoxy) is 1. The Morgan fingerprint density at radius 1 is 0.821 bits per heavy atom. The molecule has 222 valence electrons. The Kier molecular flexibility index (Phi) is 20.1. The average Bonchev–Trinajstić information content (AvgIpc) is 3.49. The number of hydrogen-bond donors (Lipinski definition) is 0. The van der Waals surface area contributed by atoms with Crippen molar-refractivity contribution in [2.24, 2.45) is 23.7 Å². The van der Waals surface area contributed by atoms with E-state index in [9.17, 15) is 0 Å². The van der Waals surface area contributed by atoms with E-state index in [1.807, 2.05) is 12.1 Å². The van der Waals surface area contributed by atoms with Crippen molar-refractivity contribution in [2.45, 2.75) is 127 Å². The largest absolute Gasteiger partial charge is 0.469 e. The molecule has 0 N–H and O–H groups in total. The second-order valence-electron chi connectivity index (χ2n) is 13.7. The predicted octanol–water partition coefficient (Wildman–Crippen LogP) is 10.8. The SMILES string of the molecule is CC(C)CC#C[Si](C)(C)C.CC(C)CC1CCCO1.CC(C)Cc1ccco1.Cc1ccc(CC(C)C)cc1. The Bertz CT molecular complexity index is 869. The quantitative estimate of drug-likeness (QED) is 0.251. The van der Waals surface area contributed by atoms with E-state index < -0.39 is 8.07 Å². The summed E-state index contributed by atoms with van der Waals surface area (Å²) in [6.45, 7) is 27.7. The smallest absolute Gasteiger partial charge is 0.129 e. The highest BCUT2D eigenvalue weighted by Gasteiger charge is 2.15. The topological polar surface area (TPSA) is 22.4 Å². The molecule has 1 atom stereocenters. The van der Waals surface area contributed by atoms with Crippen LogP contribution >= 0.6 is 0 Å². The normalized spacial score (nSPS) is 14.6. The third-order valence-corrected chi connectivity index (χ3v) is 6.61. The van der Waals surface area contributed by atoms with Gasteiger partial charge in [-0.1, -0.05) is 105 Å². The molecule has 3 rings (SSSR count). The highest BCUT2D eigenvalue weighted by atomic mass is 28.3. The summed E-state index contributed by atoms with van der Waals surface area (Å²) in [6.07, 6.45) is 9.43. The zero-order chi connectivity index (χ0) is 29.8. The first-order valence-corrected chi connectivity index (χ1v) is 18.9. The molecule has 1 aliphatic heterocycles. The van der Waals surface area contributed by atoms with Gasteiger partial charge in [-0.15, -0.1) is 11.5 Å². The maximum absolute atomic E-state index is 5.46. The highest BCUT2D eigenvalue weighted by Crippen LogP contribution is 2.18. The fourth-order valence-electron chi connectivity index (χ4n) is 3.90. The predicted molar refractivity (Wildman–Crippen MR) is 176 cm³/mol. The molecule has 1 fully saturated rings. The van der Waals surface area contributed by atoms with Gasteiger partial charge in [-0.25, -0.2) is 0 Å². The van der Waals surface area contributed by atoms with Gasteiger partial charge in [0.2, 0.25) is 0 Å². The van der Waals surface area contributed by atoms with Crippen molar-refractivity contribution in [3.8, 4) is 11.5 Å². The van der Waals surface area contributed by atoms with Crippen molar-refractivity contribution in [3.63, 3.8) is 0 Å². The summed E-state index contributed by atoms with van der Waals surface area (Å²) in [4.78, 5) is 0. The molecule has 0 bridgehead atoms. The lowest BCUT2D eigenvalue weighted by Crippen LogP contribution is -2.16. The summed E-state index contributed by atoms with van der Waals surface area (Å²) in [6, 6.07) is 12.7. The van der Waals surface area contributed by atoms with Crippen LogP contribution < -0.4 is 0 Å². The summed E-state index contributed by atoms with van der Waals surface area (Å²) in [5, 5.41) is 0. The van der Waals surface area contributed by atoms with Gasteiger partial charge >= 0.3 is 0 Å². The molecule has 3 heteroatoms.